The van der Waals surface area contributed by atoms with Crippen molar-refractivity contribution in [2.75, 3.05) is 52.9 Å². The maximum absolute atomic E-state index is 11.6. The highest BCUT2D eigenvalue weighted by Crippen LogP contribution is 2.14. The zero-order valence-corrected chi connectivity index (χ0v) is 15.2. The van der Waals surface area contributed by atoms with Gasteiger partial charge < -0.3 is 18.9 Å². The van der Waals surface area contributed by atoms with Gasteiger partial charge in [-0.25, -0.2) is 0 Å². The lowest BCUT2D eigenvalue weighted by atomic mass is 9.91. The fraction of sp³-hybridized carbons (Fsp3) is 0.882. The number of carbonyl (C=O) groups excluding carboxylic acids is 2. The fourth-order valence-corrected chi connectivity index (χ4v) is 1.28. The predicted octanol–water partition coefficient (Wildman–Crippen LogP) is 1.89. The summed E-state index contributed by atoms with van der Waals surface area (Å²) in [6.45, 7) is 12.1. The van der Waals surface area contributed by atoms with Crippen molar-refractivity contribution in [3.05, 3.63) is 0 Å². The molecule has 23 heavy (non-hydrogen) atoms. The third-order valence-corrected chi connectivity index (χ3v) is 3.07. The number of rotatable bonds is 14. The molecule has 0 fully saturated rings. The van der Waals surface area contributed by atoms with Crippen LogP contribution >= 0.6 is 0 Å². The van der Waals surface area contributed by atoms with Crippen LogP contribution in [0.15, 0.2) is 0 Å². The molecule has 0 spiro atoms. The van der Waals surface area contributed by atoms with Crippen molar-refractivity contribution in [3.63, 3.8) is 0 Å². The molecule has 0 aliphatic heterocycles. The van der Waals surface area contributed by atoms with Crippen molar-refractivity contribution in [3.8, 4) is 0 Å². The molecule has 0 aromatic heterocycles. The SMILES string of the molecule is CC(C)C(=O)COCCOCCOCCOCC(=O)C(C)(C)C. The van der Waals surface area contributed by atoms with Gasteiger partial charge in [-0.3, -0.25) is 9.59 Å². The molecule has 6 nitrogen and oxygen atoms in total. The molecule has 0 heterocycles. The normalized spacial score (nSPS) is 11.9. The van der Waals surface area contributed by atoms with Gasteiger partial charge in [-0.1, -0.05) is 34.6 Å². The highest BCUT2D eigenvalue weighted by atomic mass is 16.6. The molecule has 0 amide bonds. The summed E-state index contributed by atoms with van der Waals surface area (Å²) >= 11 is 0. The Hall–Kier alpha value is -0.820. The Labute approximate surface area is 139 Å². The van der Waals surface area contributed by atoms with Crippen molar-refractivity contribution in [2.24, 2.45) is 11.3 Å². The van der Waals surface area contributed by atoms with Crippen molar-refractivity contribution < 1.29 is 28.5 Å². The monoisotopic (exact) mass is 332 g/mol. The van der Waals surface area contributed by atoms with Crippen molar-refractivity contribution in [1.29, 1.82) is 0 Å². The van der Waals surface area contributed by atoms with Gasteiger partial charge in [0.1, 0.15) is 13.2 Å². The lowest BCUT2D eigenvalue weighted by Gasteiger charge is -2.16. The van der Waals surface area contributed by atoms with Gasteiger partial charge in [0.05, 0.1) is 39.6 Å². The number of Topliss-reactive ketones (excluding diaryl/α,β-unsaturated/α-hetero) is 2. The Balaban J connectivity index is 3.26. The summed E-state index contributed by atoms with van der Waals surface area (Å²) in [6.07, 6.45) is 0. The molecule has 0 rings (SSSR count). The summed E-state index contributed by atoms with van der Waals surface area (Å²) in [7, 11) is 0. The average molecular weight is 332 g/mol. The minimum atomic E-state index is -0.365. The Morgan fingerprint density at radius 1 is 0.739 bits per heavy atom. The quantitative estimate of drug-likeness (QED) is 0.452. The van der Waals surface area contributed by atoms with E-state index in [4.69, 9.17) is 18.9 Å². The number of carbonyl (C=O) groups is 2. The third-order valence-electron chi connectivity index (χ3n) is 3.07. The summed E-state index contributed by atoms with van der Waals surface area (Å²) in [6, 6.07) is 0. The van der Waals surface area contributed by atoms with E-state index in [1.807, 2.05) is 34.6 Å². The predicted molar refractivity (Wildman–Crippen MR) is 87.6 cm³/mol. The molecule has 136 valence electrons. The van der Waals surface area contributed by atoms with E-state index in [0.29, 0.717) is 39.6 Å². The second-order valence-corrected chi connectivity index (χ2v) is 6.62. The van der Waals surface area contributed by atoms with Crippen LogP contribution in [0.5, 0.6) is 0 Å². The summed E-state index contributed by atoms with van der Waals surface area (Å²) < 4.78 is 21.1. The Morgan fingerprint density at radius 2 is 1.13 bits per heavy atom. The molecule has 0 radical (unpaired) electrons. The van der Waals surface area contributed by atoms with Gasteiger partial charge >= 0.3 is 0 Å². The highest BCUT2D eigenvalue weighted by molar-refractivity contribution is 5.84. The van der Waals surface area contributed by atoms with Crippen molar-refractivity contribution in [2.45, 2.75) is 34.6 Å². The standard InChI is InChI=1S/C17H32O6/c1-14(2)15(18)12-22-10-8-20-6-7-21-9-11-23-13-16(19)17(3,4)5/h14H,6-13H2,1-5H3. The van der Waals surface area contributed by atoms with Gasteiger partial charge in [0.25, 0.3) is 0 Å². The van der Waals surface area contributed by atoms with E-state index < -0.39 is 0 Å². The second-order valence-electron chi connectivity index (χ2n) is 6.62. The van der Waals surface area contributed by atoms with E-state index >= 15 is 0 Å². The van der Waals surface area contributed by atoms with Gasteiger partial charge in [-0.2, -0.15) is 0 Å². The summed E-state index contributed by atoms with van der Waals surface area (Å²) in [5.74, 6) is 0.181. The van der Waals surface area contributed by atoms with Crippen LogP contribution in [0, 0.1) is 11.3 Å². The molecule has 6 heteroatoms. The van der Waals surface area contributed by atoms with Crippen molar-refractivity contribution in [1.82, 2.24) is 0 Å². The van der Waals surface area contributed by atoms with Crippen LogP contribution in [0.25, 0.3) is 0 Å². The fourth-order valence-electron chi connectivity index (χ4n) is 1.28. The molecular formula is C17H32O6. The van der Waals surface area contributed by atoms with E-state index in [2.05, 4.69) is 0 Å². The van der Waals surface area contributed by atoms with Crippen LogP contribution in [0.4, 0.5) is 0 Å². The van der Waals surface area contributed by atoms with Gasteiger partial charge in [-0.15, -0.1) is 0 Å². The van der Waals surface area contributed by atoms with E-state index in [0.717, 1.165) is 0 Å². The Kier molecular flexibility index (Phi) is 12.1. The number of ether oxygens (including phenoxy) is 4. The van der Waals surface area contributed by atoms with E-state index in [1.54, 1.807) is 0 Å². The first-order chi connectivity index (χ1) is 10.7. The molecule has 0 aromatic carbocycles. The number of hydrogen-bond donors (Lipinski definition) is 0. The number of ketones is 2. The minimum Gasteiger partial charge on any atom is -0.377 e. The van der Waals surface area contributed by atoms with Crippen LogP contribution in [0.3, 0.4) is 0 Å². The molecule has 0 unspecified atom stereocenters. The lowest BCUT2D eigenvalue weighted by molar-refractivity contribution is -0.131. The van der Waals surface area contributed by atoms with Crippen LogP contribution < -0.4 is 0 Å². The zero-order chi connectivity index (χ0) is 17.7. The molecule has 0 atom stereocenters. The Bertz CT molecular complexity index is 332. The second kappa shape index (κ2) is 12.6. The molecule has 0 saturated carbocycles. The van der Waals surface area contributed by atoms with Gasteiger partial charge in [0.2, 0.25) is 0 Å². The first kappa shape index (κ1) is 22.2. The largest absolute Gasteiger partial charge is 0.377 e. The average Bonchev–Trinajstić information content (AvgIpc) is 2.46. The van der Waals surface area contributed by atoms with Crippen LogP contribution in [-0.4, -0.2) is 64.4 Å². The first-order valence-electron chi connectivity index (χ1n) is 8.12. The van der Waals surface area contributed by atoms with Crippen LogP contribution in [-0.2, 0) is 28.5 Å². The summed E-state index contributed by atoms with van der Waals surface area (Å²) in [4.78, 5) is 22.9. The van der Waals surface area contributed by atoms with Crippen LogP contribution in [0.1, 0.15) is 34.6 Å². The molecule has 0 aliphatic rings. The zero-order valence-electron chi connectivity index (χ0n) is 15.2. The van der Waals surface area contributed by atoms with Crippen LogP contribution in [0.2, 0.25) is 0 Å². The molecule has 0 aliphatic carbocycles. The molecule has 0 saturated heterocycles. The molecular weight excluding hydrogens is 300 g/mol. The van der Waals surface area contributed by atoms with Gasteiger partial charge in [0.15, 0.2) is 11.6 Å². The minimum absolute atomic E-state index is 0.00484. The van der Waals surface area contributed by atoms with E-state index in [1.165, 1.54) is 0 Å². The maximum atomic E-state index is 11.6. The Morgan fingerprint density at radius 3 is 1.52 bits per heavy atom. The summed E-state index contributed by atoms with van der Waals surface area (Å²) in [5.41, 5.74) is -0.365. The van der Waals surface area contributed by atoms with Crippen molar-refractivity contribution >= 4 is 11.6 Å². The smallest absolute Gasteiger partial charge is 0.163 e. The molecule has 0 N–H and O–H groups in total. The van der Waals surface area contributed by atoms with Gasteiger partial charge in [-0.05, 0) is 0 Å². The van der Waals surface area contributed by atoms with E-state index in [9.17, 15) is 9.59 Å². The van der Waals surface area contributed by atoms with Gasteiger partial charge in [0, 0.05) is 11.3 Å². The third kappa shape index (κ3) is 13.3. The highest BCUT2D eigenvalue weighted by Gasteiger charge is 2.20. The lowest BCUT2D eigenvalue weighted by Crippen LogP contribution is -2.25. The van der Waals surface area contributed by atoms with E-state index in [-0.39, 0.29) is 36.1 Å². The number of hydrogen-bond acceptors (Lipinski definition) is 6. The first-order valence-corrected chi connectivity index (χ1v) is 8.12. The molecule has 0 aromatic rings. The molecule has 0 bridgehead atoms. The summed E-state index contributed by atoms with van der Waals surface area (Å²) in [5, 5.41) is 0. The maximum Gasteiger partial charge on any atom is 0.163 e. The topological polar surface area (TPSA) is 71.1 Å².